The van der Waals surface area contributed by atoms with Gasteiger partial charge in [0.25, 0.3) is 0 Å². The van der Waals surface area contributed by atoms with E-state index in [2.05, 4.69) is 176 Å². The molecule has 2 N–H and O–H groups in total. The van der Waals surface area contributed by atoms with Crippen molar-refractivity contribution >= 4 is 77.7 Å². The Morgan fingerprint density at radius 3 is 1.03 bits per heavy atom. The number of aromatic nitrogens is 2. The molecule has 0 spiro atoms. The number of nitrogens with zero attached hydrogens (tertiary/aromatic N) is 6. The Labute approximate surface area is 360 Å². The van der Waals surface area contributed by atoms with Crippen LogP contribution in [0.1, 0.15) is 0 Å². The molecule has 2 aliphatic heterocycles. The molecule has 4 heterocycles. The number of benzene rings is 8. The summed E-state index contributed by atoms with van der Waals surface area (Å²) in [6.07, 6.45) is 0. The van der Waals surface area contributed by atoms with E-state index >= 15 is 0 Å². The predicted octanol–water partition coefficient (Wildman–Crippen LogP) is 12.1. The number of para-hydroxylation sites is 8. The third-order valence-electron chi connectivity index (χ3n) is 11.8. The number of hydrogen-bond donors (Lipinski definition) is 2. The minimum atomic E-state index is 0. The molecule has 0 bridgehead atoms. The quantitative estimate of drug-likeness (QED) is 0.162. The van der Waals surface area contributed by atoms with Crippen LogP contribution in [0.4, 0.5) is 34.1 Å². The molecule has 8 nitrogen and oxygen atoms in total. The van der Waals surface area contributed by atoms with E-state index in [-0.39, 0.29) is 32.6 Å². The van der Waals surface area contributed by atoms with Gasteiger partial charge in [0, 0.05) is 62.3 Å². The number of phenols is 2. The number of aromatic hydroxyl groups is 2. The summed E-state index contributed by atoms with van der Waals surface area (Å²) < 4.78 is 4.54. The molecule has 0 aliphatic carbocycles. The Kier molecular flexibility index (Phi) is 8.39. The van der Waals surface area contributed by atoms with Crippen molar-refractivity contribution in [3.63, 3.8) is 0 Å². The molecular weight excluding hydrogens is 924 g/mol. The van der Waals surface area contributed by atoms with Crippen LogP contribution in [0.3, 0.4) is 0 Å². The van der Waals surface area contributed by atoms with E-state index in [9.17, 15) is 10.2 Å². The molecule has 292 valence electrons. The minimum absolute atomic E-state index is 0. The number of phenolic OH excluding ortho intramolecular Hbond substituents is 2. The van der Waals surface area contributed by atoms with Crippen molar-refractivity contribution in [3.8, 4) is 22.9 Å². The number of anilines is 6. The summed E-state index contributed by atoms with van der Waals surface area (Å²) in [5.74, 6) is 0.371. The second kappa shape index (κ2) is 14.0. The van der Waals surface area contributed by atoms with Crippen LogP contribution in [0.15, 0.2) is 182 Å². The van der Waals surface area contributed by atoms with E-state index in [0.717, 1.165) is 56.2 Å². The topological polar surface area (TPSA) is 63.3 Å². The van der Waals surface area contributed by atoms with Gasteiger partial charge in [-0.1, -0.05) is 97.1 Å². The fourth-order valence-corrected chi connectivity index (χ4v) is 9.21. The molecule has 9 heteroatoms. The molecule has 0 fully saturated rings. The third-order valence-corrected chi connectivity index (χ3v) is 11.8. The number of rotatable bonds is 6. The maximum absolute atomic E-state index is 11.5. The minimum Gasteiger partial charge on any atom is -0.506 e. The average Bonchev–Trinajstić information content (AvgIpc) is 4.03. The summed E-state index contributed by atoms with van der Waals surface area (Å²) in [6.45, 7) is 4.60. The van der Waals surface area contributed by atoms with E-state index in [4.69, 9.17) is 0 Å². The monoisotopic (exact) mass is 959 g/mol. The molecule has 0 saturated carbocycles. The molecule has 0 saturated heterocycles. The van der Waals surface area contributed by atoms with Gasteiger partial charge in [-0.25, -0.2) is 0 Å². The van der Waals surface area contributed by atoms with Crippen LogP contribution in [0.5, 0.6) is 11.5 Å². The van der Waals surface area contributed by atoms with Gasteiger partial charge in [-0.05, 0) is 84.9 Å². The van der Waals surface area contributed by atoms with Gasteiger partial charge in [0.2, 0.25) is 0 Å². The maximum atomic E-state index is 11.5. The first-order valence-electron chi connectivity index (χ1n) is 19.7. The van der Waals surface area contributed by atoms with Crippen LogP contribution < -0.4 is 19.6 Å². The Hall–Kier alpha value is -7.15. The zero-order valence-corrected chi connectivity index (χ0v) is 34.3. The third kappa shape index (κ3) is 5.41. The SMILES string of the molecule is Oc1ccc(-n2c3ccccc3c3ccccc32)cc1N1[CH-]N(CN2[CH-]N(c3cc(-n4c5ccccc5c5ccccc54)ccc3O)c3ccccc32)c2ccccc21.[Pt+2]. The Morgan fingerprint density at radius 1 is 0.350 bits per heavy atom. The predicted molar refractivity (Wildman–Crippen MR) is 240 cm³/mol. The summed E-state index contributed by atoms with van der Waals surface area (Å²) in [6, 6.07) is 62.1. The fraction of sp³-hybridized carbons (Fsp3) is 0.0196. The van der Waals surface area contributed by atoms with Crippen LogP contribution in [-0.4, -0.2) is 26.0 Å². The Balaban J connectivity index is 0.00000408. The largest absolute Gasteiger partial charge is 2.00 e. The van der Waals surface area contributed by atoms with Crippen molar-refractivity contribution in [2.45, 2.75) is 0 Å². The molecule has 2 aliphatic rings. The van der Waals surface area contributed by atoms with E-state index in [1.54, 1.807) is 12.1 Å². The standard InChI is InChI=1S/C51H36N6O2.Pt/c58-50-27-25-34(56-40-17-5-1-13-36(40)37-14-2-6-18-41(37)56)29-48(50)54-32-52(44-21-9-11-23-46(44)54)31-53-33-55(47-24-12-10-22-45(47)53)49-30-35(26-28-51(49)59)57-42-19-7-3-15-38(42)39-16-4-8-20-43(39)57;/h1-30,32-33,58-59H,31H2;/q-2;+2. The van der Waals surface area contributed by atoms with Crippen LogP contribution in [-0.2, 0) is 21.1 Å². The van der Waals surface area contributed by atoms with Crippen LogP contribution in [0.25, 0.3) is 55.0 Å². The molecule has 0 unspecified atom stereocenters. The van der Waals surface area contributed by atoms with Gasteiger partial charge < -0.3 is 38.9 Å². The first-order valence-corrected chi connectivity index (χ1v) is 19.7. The fourth-order valence-electron chi connectivity index (χ4n) is 9.21. The first-order chi connectivity index (χ1) is 29.1. The molecule has 0 atom stereocenters. The van der Waals surface area contributed by atoms with Gasteiger partial charge in [0.05, 0.1) is 33.4 Å². The second-order valence-electron chi connectivity index (χ2n) is 15.1. The van der Waals surface area contributed by atoms with Crippen molar-refractivity contribution in [3.05, 3.63) is 195 Å². The summed E-state index contributed by atoms with van der Waals surface area (Å²) in [4.78, 5) is 8.55. The van der Waals surface area contributed by atoms with Crippen LogP contribution in [0, 0.1) is 13.3 Å². The molecule has 0 amide bonds. The number of hydrogen-bond acceptors (Lipinski definition) is 6. The van der Waals surface area contributed by atoms with Gasteiger partial charge in [-0.15, -0.1) is 13.3 Å². The molecule has 0 radical (unpaired) electrons. The zero-order chi connectivity index (χ0) is 39.2. The summed E-state index contributed by atoms with van der Waals surface area (Å²) in [5, 5.41) is 27.7. The second-order valence-corrected chi connectivity index (χ2v) is 15.1. The van der Waals surface area contributed by atoms with Crippen LogP contribution in [0.2, 0.25) is 0 Å². The zero-order valence-electron chi connectivity index (χ0n) is 32.1. The molecular formula is C51H36N6O2Pt. The van der Waals surface area contributed by atoms with Gasteiger partial charge in [-0.2, -0.15) is 0 Å². The van der Waals surface area contributed by atoms with Crippen molar-refractivity contribution in [2.75, 3.05) is 26.3 Å². The smallest absolute Gasteiger partial charge is 0.506 e. The average molecular weight is 960 g/mol. The van der Waals surface area contributed by atoms with Crippen molar-refractivity contribution < 1.29 is 31.3 Å². The Bertz CT molecular complexity index is 2980. The van der Waals surface area contributed by atoms with Gasteiger partial charge in [0.15, 0.2) is 0 Å². The summed E-state index contributed by atoms with van der Waals surface area (Å²) in [5.41, 5.74) is 11.6. The van der Waals surface area contributed by atoms with Gasteiger partial charge in [0.1, 0.15) is 11.5 Å². The molecule has 2 aromatic heterocycles. The van der Waals surface area contributed by atoms with E-state index < -0.39 is 0 Å². The van der Waals surface area contributed by atoms with Crippen LogP contribution >= 0.6 is 0 Å². The molecule has 12 rings (SSSR count). The van der Waals surface area contributed by atoms with E-state index in [0.29, 0.717) is 18.0 Å². The Morgan fingerprint density at radius 2 is 0.667 bits per heavy atom. The van der Waals surface area contributed by atoms with Crippen molar-refractivity contribution in [2.24, 2.45) is 0 Å². The number of fused-ring (bicyclic) bond motifs is 8. The summed E-state index contributed by atoms with van der Waals surface area (Å²) in [7, 11) is 0. The van der Waals surface area contributed by atoms with E-state index in [1.165, 1.54) is 21.5 Å². The molecule has 10 aromatic rings. The normalized spacial score (nSPS) is 13.5. The van der Waals surface area contributed by atoms with Gasteiger partial charge in [-0.3, -0.25) is 0 Å². The van der Waals surface area contributed by atoms with Crippen molar-refractivity contribution in [1.82, 2.24) is 9.13 Å². The molecule has 8 aromatic carbocycles. The first kappa shape index (κ1) is 36.0. The summed E-state index contributed by atoms with van der Waals surface area (Å²) >= 11 is 0. The van der Waals surface area contributed by atoms with Gasteiger partial charge >= 0.3 is 21.1 Å². The van der Waals surface area contributed by atoms with E-state index in [1.807, 2.05) is 36.4 Å². The maximum Gasteiger partial charge on any atom is 2.00 e. The van der Waals surface area contributed by atoms with Crippen molar-refractivity contribution in [1.29, 1.82) is 0 Å². The molecule has 60 heavy (non-hydrogen) atoms.